The first-order valence-electron chi connectivity index (χ1n) is 10.1. The smallest absolute Gasteiger partial charge is 0.270 e. The van der Waals surface area contributed by atoms with Crippen molar-refractivity contribution in [3.05, 3.63) is 90.1 Å². The summed E-state index contributed by atoms with van der Waals surface area (Å²) in [5, 5.41) is 11.5. The Morgan fingerprint density at radius 1 is 0.969 bits per heavy atom. The highest BCUT2D eigenvalue weighted by Crippen LogP contribution is 2.38. The minimum absolute atomic E-state index is 0.0222. The van der Waals surface area contributed by atoms with Crippen LogP contribution < -0.4 is 5.32 Å². The molecule has 3 heterocycles. The zero-order chi connectivity index (χ0) is 22.1. The van der Waals surface area contributed by atoms with Crippen molar-refractivity contribution in [2.24, 2.45) is 0 Å². The summed E-state index contributed by atoms with van der Waals surface area (Å²) in [4.78, 5) is 20.5. The Labute approximate surface area is 182 Å². The molecule has 0 radical (unpaired) electrons. The first kappa shape index (κ1) is 19.9. The number of pyridine rings is 2. The molecule has 0 aliphatic heterocycles. The van der Waals surface area contributed by atoms with Crippen molar-refractivity contribution in [3.63, 3.8) is 0 Å². The van der Waals surface area contributed by atoms with Gasteiger partial charge in [0.15, 0.2) is 5.82 Å². The second-order valence-electron chi connectivity index (χ2n) is 7.58. The summed E-state index contributed by atoms with van der Waals surface area (Å²) in [6.07, 6.45) is 3.88. The summed E-state index contributed by atoms with van der Waals surface area (Å²) in [5.41, 5.74) is 1.08. The summed E-state index contributed by atoms with van der Waals surface area (Å²) in [5.74, 6) is -0.210. The summed E-state index contributed by atoms with van der Waals surface area (Å²) < 4.78 is 29.4. The maximum absolute atomic E-state index is 14.7. The summed E-state index contributed by atoms with van der Waals surface area (Å²) in [6, 6.07) is 14.3. The molecule has 7 nitrogen and oxygen atoms in total. The quantitative estimate of drug-likeness (QED) is 0.520. The third-order valence-electron chi connectivity index (χ3n) is 5.47. The lowest BCUT2D eigenvalue weighted by molar-refractivity contribution is 0.0902. The zero-order valence-electron chi connectivity index (χ0n) is 16.8. The van der Waals surface area contributed by atoms with Gasteiger partial charge in [0.25, 0.3) is 5.91 Å². The second-order valence-corrected chi connectivity index (χ2v) is 7.58. The van der Waals surface area contributed by atoms with Gasteiger partial charge in [-0.3, -0.25) is 14.3 Å². The third kappa shape index (κ3) is 3.73. The number of hydrogen-bond acceptors (Lipinski definition) is 5. The lowest BCUT2D eigenvalue weighted by Gasteiger charge is -2.35. The highest BCUT2D eigenvalue weighted by molar-refractivity contribution is 5.92. The SMILES string of the molecule is O=C(NC1CC(c2nnc(-c3ccccn3)n2-c2ccccc2F)C1)c1ccc(F)cn1. The van der Waals surface area contributed by atoms with Crippen LogP contribution in [0.15, 0.2) is 67.0 Å². The van der Waals surface area contributed by atoms with Crippen LogP contribution in [0, 0.1) is 11.6 Å². The molecule has 0 unspecified atom stereocenters. The van der Waals surface area contributed by atoms with E-state index < -0.39 is 11.6 Å². The number of rotatable bonds is 5. The van der Waals surface area contributed by atoms with Crippen LogP contribution in [0.4, 0.5) is 8.78 Å². The van der Waals surface area contributed by atoms with Gasteiger partial charge in [0, 0.05) is 18.2 Å². The van der Waals surface area contributed by atoms with Crippen LogP contribution in [0.1, 0.15) is 35.1 Å². The molecule has 4 aromatic rings. The van der Waals surface area contributed by atoms with Gasteiger partial charge in [-0.25, -0.2) is 13.8 Å². The average Bonchev–Trinajstić information content (AvgIpc) is 3.21. The number of nitrogens with one attached hydrogen (secondary N) is 1. The number of para-hydroxylation sites is 1. The van der Waals surface area contributed by atoms with Crippen LogP contribution in [0.2, 0.25) is 0 Å². The number of benzene rings is 1. The molecule has 32 heavy (non-hydrogen) atoms. The van der Waals surface area contributed by atoms with E-state index in [1.165, 1.54) is 18.2 Å². The summed E-state index contributed by atoms with van der Waals surface area (Å²) in [7, 11) is 0. The van der Waals surface area contributed by atoms with Gasteiger partial charge in [-0.1, -0.05) is 18.2 Å². The minimum Gasteiger partial charge on any atom is -0.348 e. The van der Waals surface area contributed by atoms with Gasteiger partial charge in [-0.05, 0) is 49.2 Å². The number of carbonyl (C=O) groups is 1. The molecule has 0 atom stereocenters. The first-order chi connectivity index (χ1) is 15.6. The molecular weight excluding hydrogens is 414 g/mol. The van der Waals surface area contributed by atoms with E-state index in [0.29, 0.717) is 35.9 Å². The molecule has 1 aromatic carbocycles. The summed E-state index contributed by atoms with van der Waals surface area (Å²) >= 11 is 0. The van der Waals surface area contributed by atoms with Crippen LogP contribution >= 0.6 is 0 Å². The molecule has 1 N–H and O–H groups in total. The third-order valence-corrected chi connectivity index (χ3v) is 5.47. The fraction of sp³-hybridized carbons (Fsp3) is 0.174. The Balaban J connectivity index is 1.39. The Morgan fingerprint density at radius 3 is 2.50 bits per heavy atom. The van der Waals surface area contributed by atoms with E-state index in [9.17, 15) is 13.6 Å². The van der Waals surface area contributed by atoms with Crippen LogP contribution in [0.25, 0.3) is 17.2 Å². The van der Waals surface area contributed by atoms with Crippen LogP contribution in [0.3, 0.4) is 0 Å². The first-order valence-corrected chi connectivity index (χ1v) is 10.1. The molecule has 1 fully saturated rings. The molecule has 9 heteroatoms. The molecular formula is C23H18F2N6O. The Morgan fingerprint density at radius 2 is 1.78 bits per heavy atom. The van der Waals surface area contributed by atoms with E-state index >= 15 is 0 Å². The van der Waals surface area contributed by atoms with Crippen molar-refractivity contribution in [2.75, 3.05) is 0 Å². The van der Waals surface area contributed by atoms with Crippen molar-refractivity contribution in [1.29, 1.82) is 0 Å². The molecule has 0 bridgehead atoms. The standard InChI is InChI=1S/C23H18F2N6O/c24-15-8-9-19(27-13-15)23(32)28-16-11-14(12-16)21-29-30-22(18-6-3-4-10-26-18)31(21)20-7-2-1-5-17(20)25/h1-10,13-14,16H,11-12H2,(H,28,32). The van der Waals surface area contributed by atoms with E-state index in [1.54, 1.807) is 41.1 Å². The molecule has 3 aromatic heterocycles. The highest BCUT2D eigenvalue weighted by Gasteiger charge is 2.36. The van der Waals surface area contributed by atoms with Crippen molar-refractivity contribution >= 4 is 5.91 Å². The van der Waals surface area contributed by atoms with Gasteiger partial charge in [0.05, 0.1) is 11.9 Å². The molecule has 1 saturated carbocycles. The Hall–Kier alpha value is -4.01. The number of amides is 1. The van der Waals surface area contributed by atoms with Gasteiger partial charge < -0.3 is 5.32 Å². The zero-order valence-corrected chi connectivity index (χ0v) is 16.8. The van der Waals surface area contributed by atoms with Crippen molar-refractivity contribution < 1.29 is 13.6 Å². The van der Waals surface area contributed by atoms with Gasteiger partial charge in [-0.2, -0.15) is 0 Å². The maximum atomic E-state index is 14.7. The average molecular weight is 432 g/mol. The number of halogens is 2. The van der Waals surface area contributed by atoms with E-state index in [0.717, 1.165) is 6.20 Å². The molecule has 0 saturated heterocycles. The van der Waals surface area contributed by atoms with E-state index in [4.69, 9.17) is 0 Å². The van der Waals surface area contributed by atoms with Gasteiger partial charge in [-0.15, -0.1) is 10.2 Å². The number of hydrogen-bond donors (Lipinski definition) is 1. The molecule has 0 spiro atoms. The van der Waals surface area contributed by atoms with E-state index in [2.05, 4.69) is 25.5 Å². The number of aromatic nitrogens is 5. The largest absolute Gasteiger partial charge is 0.348 e. The molecule has 1 amide bonds. The van der Waals surface area contributed by atoms with E-state index in [-0.39, 0.29) is 23.6 Å². The lowest BCUT2D eigenvalue weighted by atomic mass is 9.79. The van der Waals surface area contributed by atoms with Gasteiger partial charge in [0.2, 0.25) is 0 Å². The van der Waals surface area contributed by atoms with Crippen LogP contribution in [-0.4, -0.2) is 36.7 Å². The van der Waals surface area contributed by atoms with Crippen LogP contribution in [0.5, 0.6) is 0 Å². The molecule has 160 valence electrons. The Bertz CT molecular complexity index is 1250. The van der Waals surface area contributed by atoms with E-state index in [1.807, 2.05) is 6.07 Å². The molecule has 1 aliphatic carbocycles. The monoisotopic (exact) mass is 432 g/mol. The van der Waals surface area contributed by atoms with Gasteiger partial charge >= 0.3 is 0 Å². The van der Waals surface area contributed by atoms with Crippen molar-refractivity contribution in [2.45, 2.75) is 24.8 Å². The second kappa shape index (κ2) is 8.26. The highest BCUT2D eigenvalue weighted by atomic mass is 19.1. The number of nitrogens with zero attached hydrogens (tertiary/aromatic N) is 5. The topological polar surface area (TPSA) is 85.6 Å². The predicted molar refractivity (Wildman–Crippen MR) is 112 cm³/mol. The fourth-order valence-electron chi connectivity index (χ4n) is 3.81. The molecule has 5 rings (SSSR count). The van der Waals surface area contributed by atoms with Crippen LogP contribution in [-0.2, 0) is 0 Å². The fourth-order valence-corrected chi connectivity index (χ4v) is 3.81. The number of carbonyl (C=O) groups excluding carboxylic acids is 1. The normalized spacial score (nSPS) is 17.6. The lowest BCUT2D eigenvalue weighted by Crippen LogP contribution is -2.44. The van der Waals surface area contributed by atoms with Crippen molar-refractivity contribution in [1.82, 2.24) is 30.0 Å². The minimum atomic E-state index is -0.499. The Kier molecular flexibility index (Phi) is 5.14. The molecule has 1 aliphatic rings. The van der Waals surface area contributed by atoms with Gasteiger partial charge in [0.1, 0.15) is 28.8 Å². The van der Waals surface area contributed by atoms with Crippen molar-refractivity contribution in [3.8, 4) is 17.2 Å². The summed E-state index contributed by atoms with van der Waals surface area (Å²) in [6.45, 7) is 0. The maximum Gasteiger partial charge on any atom is 0.270 e. The predicted octanol–water partition coefficient (Wildman–Crippen LogP) is 3.68.